The van der Waals surface area contributed by atoms with Gasteiger partial charge in [0.2, 0.25) is 0 Å². The number of fused-ring (bicyclic) bond motifs is 1. The predicted octanol–water partition coefficient (Wildman–Crippen LogP) is 2.64. The first-order valence-corrected chi connectivity index (χ1v) is 7.44. The maximum Gasteiger partial charge on any atom is 0.162 e. The quantitative estimate of drug-likeness (QED) is 0.867. The van der Waals surface area contributed by atoms with Crippen molar-refractivity contribution in [2.24, 2.45) is 0 Å². The Kier molecular flexibility index (Phi) is 4.94. The number of anilines is 1. The summed E-state index contributed by atoms with van der Waals surface area (Å²) >= 11 is 0. The molecule has 0 saturated heterocycles. The van der Waals surface area contributed by atoms with Crippen molar-refractivity contribution in [3.05, 3.63) is 17.1 Å². The van der Waals surface area contributed by atoms with Crippen LogP contribution in [0.2, 0.25) is 0 Å². The highest BCUT2D eigenvalue weighted by Gasteiger charge is 2.28. The molecule has 0 aromatic carbocycles. The van der Waals surface area contributed by atoms with Crippen molar-refractivity contribution in [1.82, 2.24) is 9.97 Å². The highest BCUT2D eigenvalue weighted by molar-refractivity contribution is 5.47. The van der Waals surface area contributed by atoms with Crippen LogP contribution in [0, 0.1) is 0 Å². The summed E-state index contributed by atoms with van der Waals surface area (Å²) < 4.78 is 11.3. The number of nitrogens with one attached hydrogen (secondary N) is 1. The van der Waals surface area contributed by atoms with Crippen LogP contribution >= 0.6 is 0 Å². The van der Waals surface area contributed by atoms with Crippen molar-refractivity contribution in [3.63, 3.8) is 0 Å². The molecule has 0 unspecified atom stereocenters. The fraction of sp³-hybridized carbons (Fsp3) is 0.733. The van der Waals surface area contributed by atoms with Gasteiger partial charge in [-0.2, -0.15) is 0 Å². The van der Waals surface area contributed by atoms with Gasteiger partial charge in [-0.1, -0.05) is 6.92 Å². The van der Waals surface area contributed by atoms with E-state index in [2.05, 4.69) is 17.2 Å². The summed E-state index contributed by atoms with van der Waals surface area (Å²) in [4.78, 5) is 9.40. The molecule has 2 heterocycles. The predicted molar refractivity (Wildman–Crippen MR) is 78.8 cm³/mol. The fourth-order valence-electron chi connectivity index (χ4n) is 2.32. The summed E-state index contributed by atoms with van der Waals surface area (Å²) in [7, 11) is 0. The average molecular weight is 279 g/mol. The topological polar surface area (TPSA) is 56.3 Å². The normalized spacial score (nSPS) is 15.0. The highest BCUT2D eigenvalue weighted by Crippen LogP contribution is 2.28. The summed E-state index contributed by atoms with van der Waals surface area (Å²) in [5.41, 5.74) is 1.72. The van der Waals surface area contributed by atoms with Crippen LogP contribution in [0.4, 0.5) is 5.82 Å². The zero-order chi connectivity index (χ0) is 14.6. The Hall–Kier alpha value is -1.20. The van der Waals surface area contributed by atoms with E-state index in [-0.39, 0.29) is 0 Å². The highest BCUT2D eigenvalue weighted by atomic mass is 16.5. The van der Waals surface area contributed by atoms with Crippen molar-refractivity contribution >= 4 is 5.82 Å². The smallest absolute Gasteiger partial charge is 0.162 e. The molecule has 0 atom stereocenters. The molecular formula is C15H25N3O2. The molecule has 0 bridgehead atoms. The Labute approximate surface area is 121 Å². The summed E-state index contributed by atoms with van der Waals surface area (Å²) in [6.07, 6.45) is 1.90. The number of hydrogen-bond acceptors (Lipinski definition) is 5. The zero-order valence-electron chi connectivity index (χ0n) is 13.0. The molecule has 5 heteroatoms. The van der Waals surface area contributed by atoms with Crippen LogP contribution in [0.1, 0.15) is 51.2 Å². The summed E-state index contributed by atoms with van der Waals surface area (Å²) in [6.45, 7) is 11.0. The third kappa shape index (κ3) is 3.27. The van der Waals surface area contributed by atoms with E-state index in [9.17, 15) is 0 Å². The van der Waals surface area contributed by atoms with Crippen LogP contribution in [0.3, 0.4) is 0 Å². The third-order valence-corrected chi connectivity index (χ3v) is 3.41. The second-order valence-electron chi connectivity index (χ2n) is 5.49. The van der Waals surface area contributed by atoms with Crippen LogP contribution in [0.5, 0.6) is 0 Å². The van der Waals surface area contributed by atoms with Crippen LogP contribution in [-0.4, -0.2) is 29.7 Å². The molecule has 112 valence electrons. The molecule has 0 saturated carbocycles. The Balaban J connectivity index is 2.38. The van der Waals surface area contributed by atoms with Gasteiger partial charge in [0, 0.05) is 25.1 Å². The second-order valence-corrected chi connectivity index (χ2v) is 5.49. The average Bonchev–Trinajstić information content (AvgIpc) is 2.44. The van der Waals surface area contributed by atoms with E-state index in [1.807, 2.05) is 20.8 Å². The fourth-order valence-corrected chi connectivity index (χ4v) is 2.32. The lowest BCUT2D eigenvalue weighted by Gasteiger charge is -2.27. The van der Waals surface area contributed by atoms with E-state index in [1.165, 1.54) is 0 Å². The number of ether oxygens (including phenoxy) is 2. The van der Waals surface area contributed by atoms with Crippen LogP contribution < -0.4 is 5.32 Å². The van der Waals surface area contributed by atoms with Crippen LogP contribution in [-0.2, 0) is 28.1 Å². The van der Waals surface area contributed by atoms with Crippen molar-refractivity contribution in [2.45, 2.75) is 52.7 Å². The molecule has 0 radical (unpaired) electrons. The van der Waals surface area contributed by atoms with Gasteiger partial charge in [0.1, 0.15) is 11.4 Å². The maximum absolute atomic E-state index is 5.78. The Morgan fingerprint density at radius 3 is 2.80 bits per heavy atom. The third-order valence-electron chi connectivity index (χ3n) is 3.41. The van der Waals surface area contributed by atoms with Gasteiger partial charge in [0.05, 0.1) is 18.9 Å². The molecule has 1 aromatic heterocycles. The number of hydrogen-bond donors (Lipinski definition) is 1. The Morgan fingerprint density at radius 1 is 1.30 bits per heavy atom. The molecule has 1 N–H and O–H groups in total. The van der Waals surface area contributed by atoms with Crippen molar-refractivity contribution in [2.75, 3.05) is 25.1 Å². The summed E-state index contributed by atoms with van der Waals surface area (Å²) in [5.74, 6) is 1.65. The van der Waals surface area contributed by atoms with E-state index >= 15 is 0 Å². The first-order chi connectivity index (χ1) is 9.58. The van der Waals surface area contributed by atoms with Crippen molar-refractivity contribution in [3.8, 4) is 0 Å². The van der Waals surface area contributed by atoms with Crippen molar-refractivity contribution in [1.29, 1.82) is 0 Å². The number of rotatable bonds is 6. The standard InChI is InChI=1S/C15H25N3O2/c1-5-8-16-13-11-10-19-9-7-12(11)17-14(18-13)15(3,4)20-6-2/h5-10H2,1-4H3,(H,16,17,18). The molecular weight excluding hydrogens is 254 g/mol. The number of nitrogens with zero attached hydrogens (tertiary/aromatic N) is 2. The van der Waals surface area contributed by atoms with E-state index in [1.54, 1.807) is 0 Å². The van der Waals surface area contributed by atoms with Gasteiger partial charge in [0.15, 0.2) is 5.82 Å². The first kappa shape index (κ1) is 15.2. The Morgan fingerprint density at radius 2 is 2.10 bits per heavy atom. The molecule has 0 spiro atoms. The zero-order valence-corrected chi connectivity index (χ0v) is 13.0. The van der Waals surface area contributed by atoms with E-state index in [0.29, 0.717) is 13.2 Å². The van der Waals surface area contributed by atoms with Gasteiger partial charge in [-0.05, 0) is 27.2 Å². The molecule has 5 nitrogen and oxygen atoms in total. The monoisotopic (exact) mass is 279 g/mol. The molecule has 0 amide bonds. The lowest BCUT2D eigenvalue weighted by molar-refractivity contribution is -0.0211. The molecule has 0 aliphatic carbocycles. The second kappa shape index (κ2) is 6.50. The molecule has 2 rings (SSSR count). The van der Waals surface area contributed by atoms with Crippen LogP contribution in [0.25, 0.3) is 0 Å². The van der Waals surface area contributed by atoms with E-state index in [0.717, 1.165) is 48.9 Å². The Bertz CT molecular complexity index is 461. The van der Waals surface area contributed by atoms with E-state index < -0.39 is 5.60 Å². The molecule has 1 aliphatic heterocycles. The first-order valence-electron chi connectivity index (χ1n) is 7.44. The van der Waals surface area contributed by atoms with Gasteiger partial charge in [-0.3, -0.25) is 0 Å². The summed E-state index contributed by atoms with van der Waals surface area (Å²) in [5, 5.41) is 3.39. The van der Waals surface area contributed by atoms with Crippen LogP contribution in [0.15, 0.2) is 0 Å². The molecule has 1 aromatic rings. The van der Waals surface area contributed by atoms with E-state index in [4.69, 9.17) is 14.5 Å². The molecule has 0 fully saturated rings. The van der Waals surface area contributed by atoms with Gasteiger partial charge >= 0.3 is 0 Å². The minimum atomic E-state index is -0.468. The number of aromatic nitrogens is 2. The molecule has 20 heavy (non-hydrogen) atoms. The maximum atomic E-state index is 5.78. The molecule has 1 aliphatic rings. The van der Waals surface area contributed by atoms with Gasteiger partial charge in [0.25, 0.3) is 0 Å². The van der Waals surface area contributed by atoms with Gasteiger partial charge < -0.3 is 14.8 Å². The van der Waals surface area contributed by atoms with Gasteiger partial charge in [-0.25, -0.2) is 9.97 Å². The lowest BCUT2D eigenvalue weighted by atomic mass is 10.1. The van der Waals surface area contributed by atoms with Crippen molar-refractivity contribution < 1.29 is 9.47 Å². The lowest BCUT2D eigenvalue weighted by Crippen LogP contribution is -2.28. The summed E-state index contributed by atoms with van der Waals surface area (Å²) in [6, 6.07) is 0. The minimum Gasteiger partial charge on any atom is -0.376 e. The largest absolute Gasteiger partial charge is 0.376 e. The minimum absolute atomic E-state index is 0.468. The van der Waals surface area contributed by atoms with Gasteiger partial charge in [-0.15, -0.1) is 0 Å². The SMILES string of the molecule is CCCNc1nc(C(C)(C)OCC)nc2c1COCC2.